The van der Waals surface area contributed by atoms with Gasteiger partial charge in [0.25, 0.3) is 0 Å². The molecule has 2 aromatic carbocycles. The van der Waals surface area contributed by atoms with Crippen molar-refractivity contribution >= 4 is 5.69 Å². The second kappa shape index (κ2) is 7.72. The Hall–Kier alpha value is -1.96. The van der Waals surface area contributed by atoms with Crippen molar-refractivity contribution < 1.29 is 4.74 Å². The highest BCUT2D eigenvalue weighted by atomic mass is 16.5. The molecule has 0 bridgehead atoms. The highest BCUT2D eigenvalue weighted by molar-refractivity contribution is 5.60. The normalized spacial score (nSPS) is 10.4. The lowest BCUT2D eigenvalue weighted by atomic mass is 10.1. The summed E-state index contributed by atoms with van der Waals surface area (Å²) in [5, 5.41) is 0. The van der Waals surface area contributed by atoms with Crippen molar-refractivity contribution in [3.05, 3.63) is 59.7 Å². The van der Waals surface area contributed by atoms with Crippen LogP contribution in [-0.2, 0) is 6.54 Å². The third-order valence-electron chi connectivity index (χ3n) is 3.67. The zero-order valence-corrected chi connectivity index (χ0v) is 13.3. The molecule has 0 aliphatic heterocycles. The minimum Gasteiger partial charge on any atom is -0.495 e. The summed E-state index contributed by atoms with van der Waals surface area (Å²) in [5.74, 6) is 0.952. The number of hydrogen-bond donors (Lipinski definition) is 0. The highest BCUT2D eigenvalue weighted by Gasteiger charge is 2.12. The van der Waals surface area contributed by atoms with Crippen LogP contribution in [0.1, 0.15) is 30.9 Å². The van der Waals surface area contributed by atoms with Gasteiger partial charge in [0.1, 0.15) is 5.75 Å². The van der Waals surface area contributed by atoms with Gasteiger partial charge in [0.05, 0.1) is 12.8 Å². The van der Waals surface area contributed by atoms with Gasteiger partial charge >= 0.3 is 0 Å². The Balaban J connectivity index is 2.28. The maximum atomic E-state index is 5.56. The smallest absolute Gasteiger partial charge is 0.142 e. The van der Waals surface area contributed by atoms with Gasteiger partial charge in [-0.25, -0.2) is 0 Å². The fourth-order valence-electron chi connectivity index (χ4n) is 2.48. The van der Waals surface area contributed by atoms with Gasteiger partial charge in [-0.05, 0) is 36.6 Å². The van der Waals surface area contributed by atoms with Gasteiger partial charge in [-0.2, -0.15) is 0 Å². The zero-order chi connectivity index (χ0) is 15.1. The molecule has 21 heavy (non-hydrogen) atoms. The third-order valence-corrected chi connectivity index (χ3v) is 3.67. The number of rotatable bonds is 7. The second-order valence-electron chi connectivity index (χ2n) is 5.44. The first-order valence-corrected chi connectivity index (χ1v) is 7.68. The van der Waals surface area contributed by atoms with Crippen molar-refractivity contribution in [1.29, 1.82) is 0 Å². The minimum atomic E-state index is 0.917. The number of anilines is 1. The molecule has 2 aromatic rings. The van der Waals surface area contributed by atoms with E-state index in [-0.39, 0.29) is 0 Å². The largest absolute Gasteiger partial charge is 0.495 e. The van der Waals surface area contributed by atoms with Gasteiger partial charge < -0.3 is 9.64 Å². The lowest BCUT2D eigenvalue weighted by molar-refractivity contribution is 0.414. The fourth-order valence-corrected chi connectivity index (χ4v) is 2.48. The molecular weight excluding hydrogens is 258 g/mol. The summed E-state index contributed by atoms with van der Waals surface area (Å²) in [6, 6.07) is 17.0. The van der Waals surface area contributed by atoms with Crippen molar-refractivity contribution in [2.75, 3.05) is 18.6 Å². The van der Waals surface area contributed by atoms with Crippen LogP contribution in [0.2, 0.25) is 0 Å². The SMILES string of the molecule is CCCCN(Cc1ccccc1)c1cc(C)ccc1OC. The molecule has 0 unspecified atom stereocenters. The number of nitrogens with zero attached hydrogens (tertiary/aromatic N) is 1. The van der Waals surface area contributed by atoms with Crippen molar-refractivity contribution in [3.8, 4) is 5.75 Å². The standard InChI is InChI=1S/C19H25NO/c1-4-5-13-20(15-17-9-7-6-8-10-17)18-14-16(2)11-12-19(18)21-3/h6-12,14H,4-5,13,15H2,1-3H3. The molecule has 2 heteroatoms. The van der Waals surface area contributed by atoms with Crippen LogP contribution in [0.25, 0.3) is 0 Å². The lowest BCUT2D eigenvalue weighted by Gasteiger charge is -2.27. The number of methoxy groups -OCH3 is 1. The number of hydrogen-bond acceptors (Lipinski definition) is 2. The minimum absolute atomic E-state index is 0.917. The lowest BCUT2D eigenvalue weighted by Crippen LogP contribution is -2.24. The van der Waals surface area contributed by atoms with E-state index in [9.17, 15) is 0 Å². The molecule has 112 valence electrons. The summed E-state index contributed by atoms with van der Waals surface area (Å²) in [6.45, 7) is 6.32. The average Bonchev–Trinajstić information content (AvgIpc) is 2.52. The van der Waals surface area contributed by atoms with Gasteiger partial charge in [-0.3, -0.25) is 0 Å². The average molecular weight is 283 g/mol. The molecule has 0 spiro atoms. The molecule has 0 saturated heterocycles. The number of benzene rings is 2. The van der Waals surface area contributed by atoms with Crippen LogP contribution >= 0.6 is 0 Å². The van der Waals surface area contributed by atoms with E-state index in [1.54, 1.807) is 7.11 Å². The molecule has 0 heterocycles. The fraction of sp³-hybridized carbons (Fsp3) is 0.368. The Morgan fingerprint density at radius 3 is 2.48 bits per heavy atom. The van der Waals surface area contributed by atoms with Crippen LogP contribution in [0.3, 0.4) is 0 Å². The van der Waals surface area contributed by atoms with Crippen LogP contribution in [0, 0.1) is 6.92 Å². The van der Waals surface area contributed by atoms with Crippen LogP contribution in [0.15, 0.2) is 48.5 Å². The van der Waals surface area contributed by atoms with Crippen molar-refractivity contribution in [3.63, 3.8) is 0 Å². The summed E-state index contributed by atoms with van der Waals surface area (Å²) in [4.78, 5) is 2.42. The summed E-state index contributed by atoms with van der Waals surface area (Å²) >= 11 is 0. The predicted molar refractivity (Wildman–Crippen MR) is 90.1 cm³/mol. The maximum absolute atomic E-state index is 5.56. The number of ether oxygens (including phenoxy) is 1. The Labute approximate surface area is 128 Å². The number of aryl methyl sites for hydroxylation is 1. The van der Waals surface area contributed by atoms with Crippen molar-refractivity contribution in [2.24, 2.45) is 0 Å². The molecule has 2 nitrogen and oxygen atoms in total. The molecule has 0 saturated carbocycles. The van der Waals surface area contributed by atoms with E-state index < -0.39 is 0 Å². The van der Waals surface area contributed by atoms with Crippen LogP contribution in [0.4, 0.5) is 5.69 Å². The molecule has 0 aliphatic carbocycles. The molecule has 0 N–H and O–H groups in total. The highest BCUT2D eigenvalue weighted by Crippen LogP contribution is 2.30. The zero-order valence-electron chi connectivity index (χ0n) is 13.3. The Morgan fingerprint density at radius 1 is 1.05 bits per heavy atom. The van der Waals surface area contributed by atoms with Crippen molar-refractivity contribution in [2.45, 2.75) is 33.2 Å². The summed E-state index contributed by atoms with van der Waals surface area (Å²) < 4.78 is 5.56. The summed E-state index contributed by atoms with van der Waals surface area (Å²) in [6.07, 6.45) is 2.38. The van der Waals surface area contributed by atoms with E-state index in [1.807, 2.05) is 0 Å². The topological polar surface area (TPSA) is 12.5 Å². The molecule has 0 amide bonds. The molecule has 0 fully saturated rings. The van der Waals surface area contributed by atoms with Crippen LogP contribution in [0.5, 0.6) is 5.75 Å². The first kappa shape index (κ1) is 15.4. The Morgan fingerprint density at radius 2 is 1.81 bits per heavy atom. The Bertz CT molecular complexity index is 551. The van der Waals surface area contributed by atoms with E-state index in [0.717, 1.165) is 18.8 Å². The molecular formula is C19H25NO. The molecule has 0 aliphatic rings. The molecule has 2 rings (SSSR count). The second-order valence-corrected chi connectivity index (χ2v) is 5.44. The van der Waals surface area contributed by atoms with E-state index in [4.69, 9.17) is 4.74 Å². The molecule has 0 atom stereocenters. The monoisotopic (exact) mass is 283 g/mol. The third kappa shape index (κ3) is 4.25. The maximum Gasteiger partial charge on any atom is 0.142 e. The predicted octanol–water partition coefficient (Wildman–Crippen LogP) is 4.81. The van der Waals surface area contributed by atoms with E-state index in [0.29, 0.717) is 0 Å². The van der Waals surface area contributed by atoms with Gasteiger partial charge in [0.15, 0.2) is 0 Å². The quantitative estimate of drug-likeness (QED) is 0.723. The first-order chi connectivity index (χ1) is 10.2. The summed E-state index contributed by atoms with van der Waals surface area (Å²) in [7, 11) is 1.74. The number of unbranched alkanes of at least 4 members (excludes halogenated alkanes) is 1. The van der Waals surface area contributed by atoms with Gasteiger partial charge in [-0.1, -0.05) is 49.7 Å². The van der Waals surface area contributed by atoms with E-state index in [1.165, 1.54) is 29.7 Å². The van der Waals surface area contributed by atoms with Gasteiger partial charge in [-0.15, -0.1) is 0 Å². The molecule has 0 aromatic heterocycles. The van der Waals surface area contributed by atoms with Crippen molar-refractivity contribution in [1.82, 2.24) is 0 Å². The van der Waals surface area contributed by atoms with Gasteiger partial charge in [0, 0.05) is 13.1 Å². The van der Waals surface area contributed by atoms with Crippen LogP contribution in [-0.4, -0.2) is 13.7 Å². The first-order valence-electron chi connectivity index (χ1n) is 7.68. The molecule has 0 radical (unpaired) electrons. The van der Waals surface area contributed by atoms with E-state index in [2.05, 4.69) is 67.3 Å². The van der Waals surface area contributed by atoms with Gasteiger partial charge in [0.2, 0.25) is 0 Å². The Kier molecular flexibility index (Phi) is 5.68. The summed E-state index contributed by atoms with van der Waals surface area (Å²) in [5.41, 5.74) is 3.78. The van der Waals surface area contributed by atoms with E-state index >= 15 is 0 Å². The van der Waals surface area contributed by atoms with Crippen LogP contribution < -0.4 is 9.64 Å².